The number of hydrogen-bond donors (Lipinski definition) is 1. The van der Waals surface area contributed by atoms with Crippen LogP contribution < -0.4 is 5.32 Å². The maximum absolute atomic E-state index is 4.96. The molecule has 0 heterocycles. The zero-order valence-corrected chi connectivity index (χ0v) is 9.92. The zero-order valence-electron chi connectivity index (χ0n) is 9.92. The lowest BCUT2D eigenvalue weighted by atomic mass is 10.1. The molecular weight excluding hydrogens is 186 g/mol. The van der Waals surface area contributed by atoms with Crippen molar-refractivity contribution in [2.45, 2.75) is 27.2 Å². The van der Waals surface area contributed by atoms with Gasteiger partial charge in [-0.3, -0.25) is 0 Å². The Morgan fingerprint density at radius 3 is 2.80 bits per heavy atom. The Labute approximate surface area is 92.0 Å². The third kappa shape index (κ3) is 3.01. The van der Waals surface area contributed by atoms with Crippen LogP contribution >= 0.6 is 0 Å². The highest BCUT2D eigenvalue weighted by Gasteiger charge is 2.03. The largest absolute Gasteiger partial charge is 0.503 e. The van der Waals surface area contributed by atoms with Crippen molar-refractivity contribution < 1.29 is 4.74 Å². The number of nitrogens with one attached hydrogen (secondary N) is 1. The van der Waals surface area contributed by atoms with Crippen molar-refractivity contribution in [2.24, 2.45) is 0 Å². The molecule has 0 amide bonds. The molecule has 1 N–H and O–H groups in total. The van der Waals surface area contributed by atoms with Crippen molar-refractivity contribution >= 4 is 5.69 Å². The summed E-state index contributed by atoms with van der Waals surface area (Å²) < 4.78 is 4.96. The average Bonchev–Trinajstić information content (AvgIpc) is 2.21. The molecule has 0 saturated carbocycles. The van der Waals surface area contributed by atoms with Gasteiger partial charge < -0.3 is 10.1 Å². The molecule has 1 aromatic carbocycles. The monoisotopic (exact) mass is 205 g/mol. The number of hydrogen-bond acceptors (Lipinski definition) is 2. The molecule has 1 rings (SSSR count). The van der Waals surface area contributed by atoms with Gasteiger partial charge in [-0.05, 0) is 31.4 Å². The summed E-state index contributed by atoms with van der Waals surface area (Å²) in [5, 5.41) is 3.37. The van der Waals surface area contributed by atoms with Gasteiger partial charge in [0.15, 0.2) is 0 Å². The van der Waals surface area contributed by atoms with E-state index in [1.807, 2.05) is 6.92 Å². The van der Waals surface area contributed by atoms with Crippen LogP contribution in [-0.4, -0.2) is 7.11 Å². The highest BCUT2D eigenvalue weighted by molar-refractivity contribution is 5.59. The second-order valence-corrected chi connectivity index (χ2v) is 3.62. The number of aryl methyl sites for hydroxylation is 2. The van der Waals surface area contributed by atoms with Gasteiger partial charge >= 0.3 is 0 Å². The molecule has 0 unspecified atom stereocenters. The normalized spacial score (nSPS) is 11.3. The molecule has 0 radical (unpaired) electrons. The first kappa shape index (κ1) is 11.6. The predicted octanol–water partition coefficient (Wildman–Crippen LogP) is 3.48. The second-order valence-electron chi connectivity index (χ2n) is 3.62. The van der Waals surface area contributed by atoms with Gasteiger partial charge in [0.25, 0.3) is 0 Å². The first-order valence-corrected chi connectivity index (χ1v) is 5.24. The molecule has 1 aromatic rings. The van der Waals surface area contributed by atoms with Crippen molar-refractivity contribution in [1.29, 1.82) is 0 Å². The van der Waals surface area contributed by atoms with Crippen molar-refractivity contribution in [3.05, 3.63) is 41.3 Å². The minimum atomic E-state index is 1.02. The molecule has 0 fully saturated rings. The minimum absolute atomic E-state index is 1.02. The standard InChI is InChI=1S/C13H19NO/c1-5-12-8-6-7-10(2)13(12)14-11(3)9-15-4/h6-9,14H,5H2,1-4H3. The molecule has 0 aliphatic rings. The molecule has 0 aliphatic heterocycles. The van der Waals surface area contributed by atoms with E-state index in [2.05, 4.69) is 37.4 Å². The van der Waals surface area contributed by atoms with Crippen LogP contribution in [0.4, 0.5) is 5.69 Å². The van der Waals surface area contributed by atoms with E-state index in [0.29, 0.717) is 0 Å². The third-order valence-electron chi connectivity index (χ3n) is 2.36. The van der Waals surface area contributed by atoms with Crippen LogP contribution in [0.15, 0.2) is 30.2 Å². The first-order chi connectivity index (χ1) is 7.19. The molecule has 82 valence electrons. The summed E-state index contributed by atoms with van der Waals surface area (Å²) in [6, 6.07) is 6.35. The Kier molecular flexibility index (Phi) is 4.22. The zero-order chi connectivity index (χ0) is 11.3. The van der Waals surface area contributed by atoms with Gasteiger partial charge in [-0.1, -0.05) is 25.1 Å². The van der Waals surface area contributed by atoms with E-state index in [4.69, 9.17) is 4.74 Å². The fourth-order valence-corrected chi connectivity index (χ4v) is 1.61. The third-order valence-corrected chi connectivity index (χ3v) is 2.36. The van der Waals surface area contributed by atoms with E-state index in [-0.39, 0.29) is 0 Å². The van der Waals surface area contributed by atoms with Crippen molar-refractivity contribution in [2.75, 3.05) is 12.4 Å². The van der Waals surface area contributed by atoms with E-state index < -0.39 is 0 Å². The average molecular weight is 205 g/mol. The number of para-hydroxylation sites is 1. The summed E-state index contributed by atoms with van der Waals surface area (Å²) in [7, 11) is 1.66. The molecule has 2 nitrogen and oxygen atoms in total. The summed E-state index contributed by atoms with van der Waals surface area (Å²) >= 11 is 0. The number of ether oxygens (including phenoxy) is 1. The minimum Gasteiger partial charge on any atom is -0.503 e. The van der Waals surface area contributed by atoms with Gasteiger partial charge in [0.2, 0.25) is 0 Å². The van der Waals surface area contributed by atoms with Gasteiger partial charge in [0.05, 0.1) is 7.11 Å². The van der Waals surface area contributed by atoms with E-state index in [9.17, 15) is 0 Å². The summed E-state index contributed by atoms with van der Waals surface area (Å²) in [6.07, 6.45) is 2.75. The Hall–Kier alpha value is -1.44. The second kappa shape index (κ2) is 5.44. The summed E-state index contributed by atoms with van der Waals surface area (Å²) in [5.41, 5.74) is 4.81. The van der Waals surface area contributed by atoms with Crippen LogP contribution in [0.25, 0.3) is 0 Å². The molecule has 0 atom stereocenters. The molecule has 0 bridgehead atoms. The molecule has 0 aromatic heterocycles. The molecule has 0 aliphatic carbocycles. The first-order valence-electron chi connectivity index (χ1n) is 5.24. The van der Waals surface area contributed by atoms with Crippen molar-refractivity contribution in [3.8, 4) is 0 Å². The van der Waals surface area contributed by atoms with E-state index >= 15 is 0 Å². The summed E-state index contributed by atoms with van der Waals surface area (Å²) in [5.74, 6) is 0. The Morgan fingerprint density at radius 2 is 2.20 bits per heavy atom. The number of benzene rings is 1. The summed E-state index contributed by atoms with van der Waals surface area (Å²) in [4.78, 5) is 0. The quantitative estimate of drug-likeness (QED) is 0.760. The maximum Gasteiger partial charge on any atom is 0.101 e. The van der Waals surface area contributed by atoms with E-state index in [0.717, 1.165) is 12.1 Å². The Morgan fingerprint density at radius 1 is 1.47 bits per heavy atom. The van der Waals surface area contributed by atoms with Crippen molar-refractivity contribution in [3.63, 3.8) is 0 Å². The van der Waals surface area contributed by atoms with E-state index in [1.165, 1.54) is 16.8 Å². The van der Waals surface area contributed by atoms with Gasteiger partial charge in [-0.2, -0.15) is 0 Å². The van der Waals surface area contributed by atoms with Crippen molar-refractivity contribution in [1.82, 2.24) is 0 Å². The number of anilines is 1. The molecule has 0 spiro atoms. The SMILES string of the molecule is CCc1cccc(C)c1NC(C)=COC. The molecule has 2 heteroatoms. The highest BCUT2D eigenvalue weighted by atomic mass is 16.5. The van der Waals surface area contributed by atoms with Gasteiger partial charge in [0, 0.05) is 11.4 Å². The van der Waals surface area contributed by atoms with Crippen LogP contribution in [0.1, 0.15) is 25.0 Å². The smallest absolute Gasteiger partial charge is 0.101 e. The fraction of sp³-hybridized carbons (Fsp3) is 0.385. The van der Waals surface area contributed by atoms with Gasteiger partial charge in [-0.25, -0.2) is 0 Å². The number of methoxy groups -OCH3 is 1. The lowest BCUT2D eigenvalue weighted by molar-refractivity contribution is 0.334. The Bertz CT molecular complexity index is 356. The summed E-state index contributed by atoms with van der Waals surface area (Å²) in [6.45, 7) is 6.27. The van der Waals surface area contributed by atoms with Crippen LogP contribution in [0.3, 0.4) is 0 Å². The van der Waals surface area contributed by atoms with Crippen LogP contribution in [0, 0.1) is 6.92 Å². The topological polar surface area (TPSA) is 21.3 Å². The molecule has 0 saturated heterocycles. The number of rotatable bonds is 4. The van der Waals surface area contributed by atoms with Crippen LogP contribution in [-0.2, 0) is 11.2 Å². The van der Waals surface area contributed by atoms with Gasteiger partial charge in [-0.15, -0.1) is 0 Å². The van der Waals surface area contributed by atoms with Crippen LogP contribution in [0.5, 0.6) is 0 Å². The maximum atomic E-state index is 4.96. The molecule has 15 heavy (non-hydrogen) atoms. The van der Waals surface area contributed by atoms with Crippen LogP contribution in [0.2, 0.25) is 0 Å². The van der Waals surface area contributed by atoms with Gasteiger partial charge in [0.1, 0.15) is 6.26 Å². The Balaban J connectivity index is 2.97. The van der Waals surface area contributed by atoms with E-state index in [1.54, 1.807) is 13.4 Å². The lowest BCUT2D eigenvalue weighted by Crippen LogP contribution is -2.01. The molecular formula is C13H19NO. The predicted molar refractivity (Wildman–Crippen MR) is 64.9 cm³/mol. The highest BCUT2D eigenvalue weighted by Crippen LogP contribution is 2.22. The number of allylic oxidation sites excluding steroid dienone is 1. The fourth-order valence-electron chi connectivity index (χ4n) is 1.61. The lowest BCUT2D eigenvalue weighted by Gasteiger charge is -2.13.